The lowest BCUT2D eigenvalue weighted by molar-refractivity contribution is -0.134. The Morgan fingerprint density at radius 3 is 1.46 bits per heavy atom. The molecule has 0 rings (SSSR count). The maximum Gasteiger partial charge on any atom is 0.409 e. The summed E-state index contributed by atoms with van der Waals surface area (Å²) in [5.74, 6) is 0.330. The van der Waals surface area contributed by atoms with E-state index in [-0.39, 0.29) is 29.3 Å². The lowest BCUT2D eigenvalue weighted by atomic mass is 9.75. The van der Waals surface area contributed by atoms with E-state index in [1.807, 2.05) is 88.3 Å². The third-order valence-corrected chi connectivity index (χ3v) is 6.44. The maximum absolute atomic E-state index is 13.2. The number of carbonyl (C=O) groups is 3. The molecule has 0 aliphatic heterocycles. The van der Waals surface area contributed by atoms with Crippen molar-refractivity contribution in [3.05, 3.63) is 12.2 Å². The summed E-state index contributed by atoms with van der Waals surface area (Å²) in [5.41, 5.74) is -2.73. The molecule has 0 unspecified atom stereocenters. The molecule has 0 radical (unpaired) electrons. The highest BCUT2D eigenvalue weighted by Crippen LogP contribution is 2.29. The standard InChI is InChI=1S/C32H61N3O4/c1-27(2,3)24(36)31(13,33-29(7,8)9)20-18-16-17-19-23-39-26(38)35(15)22-21-32(14,34-30(10,11)12)25(37)28(4,5)6/h17,19,33-34H,16,18,20-23H2,1-15H3/b19-17+/t31-,32+/m1/s1. The van der Waals surface area contributed by atoms with Crippen LogP contribution < -0.4 is 10.6 Å². The number of unbranched alkanes of at least 4 members (excludes halogenated alkanes) is 1. The Morgan fingerprint density at radius 1 is 0.667 bits per heavy atom. The number of amides is 1. The van der Waals surface area contributed by atoms with Crippen molar-refractivity contribution in [2.24, 2.45) is 10.8 Å². The van der Waals surface area contributed by atoms with Crippen molar-refractivity contribution < 1.29 is 19.1 Å². The van der Waals surface area contributed by atoms with Crippen LogP contribution in [0.15, 0.2) is 12.2 Å². The molecule has 39 heavy (non-hydrogen) atoms. The van der Waals surface area contributed by atoms with Crippen molar-refractivity contribution in [2.45, 2.75) is 145 Å². The van der Waals surface area contributed by atoms with E-state index >= 15 is 0 Å². The predicted molar refractivity (Wildman–Crippen MR) is 163 cm³/mol. The smallest absolute Gasteiger partial charge is 0.409 e. The number of carbonyl (C=O) groups excluding carboxylic acids is 3. The first-order valence-corrected chi connectivity index (χ1v) is 14.4. The normalized spacial score (nSPS) is 16.5. The minimum atomic E-state index is -0.768. The number of ketones is 2. The van der Waals surface area contributed by atoms with Gasteiger partial charge in [0.15, 0.2) is 11.6 Å². The molecular formula is C32H61N3O4. The Balaban J connectivity index is 4.90. The molecule has 0 saturated carbocycles. The van der Waals surface area contributed by atoms with E-state index in [0.29, 0.717) is 13.0 Å². The Hall–Kier alpha value is -1.73. The Morgan fingerprint density at radius 2 is 1.08 bits per heavy atom. The summed E-state index contributed by atoms with van der Waals surface area (Å²) in [4.78, 5) is 40.5. The van der Waals surface area contributed by atoms with Crippen LogP contribution in [0.25, 0.3) is 0 Å². The van der Waals surface area contributed by atoms with Crippen LogP contribution in [0.1, 0.15) is 123 Å². The van der Waals surface area contributed by atoms with Gasteiger partial charge in [0.25, 0.3) is 0 Å². The van der Waals surface area contributed by atoms with E-state index in [1.165, 1.54) is 4.90 Å². The van der Waals surface area contributed by atoms with Gasteiger partial charge in [-0.2, -0.15) is 0 Å². The summed E-state index contributed by atoms with van der Waals surface area (Å²) in [6.45, 7) is 28.5. The number of allylic oxidation sites excluding steroid dienone is 1. The molecule has 7 nitrogen and oxygen atoms in total. The minimum absolute atomic E-state index is 0.118. The van der Waals surface area contributed by atoms with Gasteiger partial charge >= 0.3 is 6.09 Å². The molecule has 7 heteroatoms. The van der Waals surface area contributed by atoms with Gasteiger partial charge < -0.3 is 20.3 Å². The van der Waals surface area contributed by atoms with Crippen LogP contribution in [-0.2, 0) is 14.3 Å². The van der Waals surface area contributed by atoms with Crippen LogP contribution >= 0.6 is 0 Å². The zero-order valence-electron chi connectivity index (χ0n) is 28.0. The molecule has 0 saturated heterocycles. The number of nitrogens with zero attached hydrogens (tertiary/aromatic N) is 1. The number of Topliss-reactive ketones (excluding diaryl/α,β-unsaturated/α-hetero) is 2. The molecule has 2 N–H and O–H groups in total. The molecule has 0 aromatic carbocycles. The first kappa shape index (κ1) is 37.3. The molecule has 228 valence electrons. The number of nitrogens with one attached hydrogen (secondary N) is 2. The Labute approximate surface area is 240 Å². The zero-order chi connectivity index (χ0) is 31.1. The van der Waals surface area contributed by atoms with Crippen molar-refractivity contribution in [1.29, 1.82) is 0 Å². The lowest BCUT2D eigenvalue weighted by Crippen LogP contribution is -2.60. The first-order valence-electron chi connectivity index (χ1n) is 14.4. The van der Waals surface area contributed by atoms with Crippen LogP contribution in [0.2, 0.25) is 0 Å². The summed E-state index contributed by atoms with van der Waals surface area (Å²) in [7, 11) is 1.69. The minimum Gasteiger partial charge on any atom is -0.445 e. The summed E-state index contributed by atoms with van der Waals surface area (Å²) in [6, 6.07) is 0. The molecule has 0 aliphatic rings. The average Bonchev–Trinajstić information content (AvgIpc) is 2.71. The third kappa shape index (κ3) is 13.9. The van der Waals surface area contributed by atoms with E-state index in [1.54, 1.807) is 7.05 Å². The summed E-state index contributed by atoms with van der Waals surface area (Å²) >= 11 is 0. The van der Waals surface area contributed by atoms with Crippen LogP contribution in [0.3, 0.4) is 0 Å². The fourth-order valence-corrected chi connectivity index (χ4v) is 5.25. The molecule has 0 spiro atoms. The molecule has 2 atom stereocenters. The molecule has 0 heterocycles. The van der Waals surface area contributed by atoms with Crippen molar-refractivity contribution in [3.63, 3.8) is 0 Å². The van der Waals surface area contributed by atoms with E-state index in [2.05, 4.69) is 31.4 Å². The van der Waals surface area contributed by atoms with E-state index in [9.17, 15) is 14.4 Å². The predicted octanol–water partition coefficient (Wildman–Crippen LogP) is 6.70. The summed E-state index contributed by atoms with van der Waals surface area (Å²) in [5, 5.41) is 7.02. The highest BCUT2D eigenvalue weighted by Gasteiger charge is 2.42. The summed E-state index contributed by atoms with van der Waals surface area (Å²) in [6.07, 6.45) is 6.26. The van der Waals surface area contributed by atoms with E-state index < -0.39 is 28.0 Å². The van der Waals surface area contributed by atoms with Gasteiger partial charge in [-0.15, -0.1) is 0 Å². The van der Waals surface area contributed by atoms with Gasteiger partial charge in [0.2, 0.25) is 0 Å². The maximum atomic E-state index is 13.2. The largest absolute Gasteiger partial charge is 0.445 e. The van der Waals surface area contributed by atoms with Gasteiger partial charge in [-0.05, 0) is 81.1 Å². The molecule has 0 bridgehead atoms. The molecule has 0 aromatic heterocycles. The van der Waals surface area contributed by atoms with E-state index in [0.717, 1.165) is 19.3 Å². The zero-order valence-corrected chi connectivity index (χ0v) is 28.0. The van der Waals surface area contributed by atoms with Gasteiger partial charge in [-0.1, -0.05) is 53.7 Å². The van der Waals surface area contributed by atoms with Crippen LogP contribution in [0, 0.1) is 10.8 Å². The molecule has 0 fully saturated rings. The van der Waals surface area contributed by atoms with Gasteiger partial charge in [-0.25, -0.2) is 4.79 Å². The quantitative estimate of drug-likeness (QED) is 0.196. The Kier molecular flexibility index (Phi) is 13.1. The van der Waals surface area contributed by atoms with Crippen LogP contribution in [0.4, 0.5) is 4.79 Å². The van der Waals surface area contributed by atoms with Crippen LogP contribution in [-0.4, -0.2) is 64.9 Å². The van der Waals surface area contributed by atoms with Gasteiger partial charge in [0.1, 0.15) is 6.61 Å². The van der Waals surface area contributed by atoms with Gasteiger partial charge in [-0.3, -0.25) is 9.59 Å². The van der Waals surface area contributed by atoms with Crippen molar-refractivity contribution in [2.75, 3.05) is 20.2 Å². The van der Waals surface area contributed by atoms with Crippen LogP contribution in [0.5, 0.6) is 0 Å². The number of ether oxygens (including phenoxy) is 1. The second kappa shape index (κ2) is 13.8. The molecular weight excluding hydrogens is 490 g/mol. The fourth-order valence-electron chi connectivity index (χ4n) is 5.25. The molecule has 0 aliphatic carbocycles. The highest BCUT2D eigenvalue weighted by molar-refractivity contribution is 5.93. The average molecular weight is 552 g/mol. The van der Waals surface area contributed by atoms with Crippen molar-refractivity contribution >= 4 is 17.7 Å². The first-order chi connectivity index (χ1) is 17.2. The lowest BCUT2D eigenvalue weighted by Gasteiger charge is -2.41. The number of hydrogen-bond donors (Lipinski definition) is 2. The molecule has 0 aromatic rings. The third-order valence-electron chi connectivity index (χ3n) is 6.44. The second-order valence-corrected chi connectivity index (χ2v) is 15.7. The highest BCUT2D eigenvalue weighted by atomic mass is 16.6. The number of rotatable bonds is 13. The van der Waals surface area contributed by atoms with Crippen molar-refractivity contribution in [1.82, 2.24) is 15.5 Å². The van der Waals surface area contributed by atoms with Gasteiger partial charge in [0, 0.05) is 35.5 Å². The summed E-state index contributed by atoms with van der Waals surface area (Å²) < 4.78 is 5.42. The topological polar surface area (TPSA) is 87.7 Å². The SMILES string of the molecule is CN(CC[C@](C)(NC(C)(C)C)C(=O)C(C)(C)C)C(=O)OC/C=C/CCC[C@@](C)(NC(C)(C)C)C(=O)C(C)(C)C. The fraction of sp³-hybridized carbons (Fsp3) is 0.844. The second-order valence-electron chi connectivity index (χ2n) is 15.7. The monoisotopic (exact) mass is 551 g/mol. The van der Waals surface area contributed by atoms with Gasteiger partial charge in [0.05, 0.1) is 11.1 Å². The van der Waals surface area contributed by atoms with Crippen molar-refractivity contribution in [3.8, 4) is 0 Å². The Bertz CT molecular complexity index is 853. The van der Waals surface area contributed by atoms with E-state index in [4.69, 9.17) is 4.74 Å². The molecule has 1 amide bonds. The number of hydrogen-bond acceptors (Lipinski definition) is 6.